The number of hydrogen-bond donors (Lipinski definition) is 0. The van der Waals surface area contributed by atoms with Gasteiger partial charge in [-0.25, -0.2) is 30.0 Å². The molecule has 0 saturated carbocycles. The number of benzene rings is 2. The molecule has 182 valence electrons. The van der Waals surface area contributed by atoms with Gasteiger partial charge in [0.25, 0.3) is 0 Å². The second-order valence-electron chi connectivity index (χ2n) is 7.45. The Morgan fingerprint density at radius 1 is 0.912 bits per heavy atom. The number of aromatic nitrogens is 1. The van der Waals surface area contributed by atoms with E-state index in [0.29, 0.717) is 10.9 Å². The topological polar surface area (TPSA) is 101 Å². The highest BCUT2D eigenvalue weighted by molar-refractivity contribution is 8.10. The fourth-order valence-corrected chi connectivity index (χ4v) is 7.50. The monoisotopic (exact) mass is 514 g/mol. The number of sulfonamides is 2. The third kappa shape index (κ3) is 4.78. The van der Waals surface area contributed by atoms with Crippen molar-refractivity contribution in [2.24, 2.45) is 0 Å². The Labute approximate surface area is 195 Å². The normalized spacial score (nSPS) is 12.1. The molecule has 0 amide bonds. The van der Waals surface area contributed by atoms with Crippen LogP contribution in [-0.4, -0.2) is 39.1 Å². The van der Waals surface area contributed by atoms with Crippen molar-refractivity contribution in [2.75, 3.05) is 15.2 Å². The molecule has 0 unspecified atom stereocenters. The van der Waals surface area contributed by atoms with Crippen LogP contribution in [-0.2, 0) is 20.0 Å². The zero-order valence-electron chi connectivity index (χ0n) is 18.3. The molecule has 1 heterocycles. The van der Waals surface area contributed by atoms with E-state index < -0.39 is 66.0 Å². The summed E-state index contributed by atoms with van der Waals surface area (Å²) < 4.78 is 95.6. The van der Waals surface area contributed by atoms with Crippen LogP contribution in [0.25, 0.3) is 10.9 Å². The van der Waals surface area contributed by atoms with Crippen LogP contribution < -0.4 is 3.71 Å². The van der Waals surface area contributed by atoms with Crippen molar-refractivity contribution in [1.82, 2.24) is 4.98 Å². The predicted molar refractivity (Wildman–Crippen MR) is 122 cm³/mol. The average Bonchev–Trinajstić information content (AvgIpc) is 2.76. The molecule has 7 nitrogen and oxygen atoms in total. The first-order valence-electron chi connectivity index (χ1n) is 10.3. The number of carbonyl (C=O) groups is 1. The molecular weight excluding hydrogens is 493 g/mol. The van der Waals surface area contributed by atoms with Gasteiger partial charge in [0.2, 0.25) is 20.0 Å². The van der Waals surface area contributed by atoms with E-state index in [-0.39, 0.29) is 28.2 Å². The van der Waals surface area contributed by atoms with Crippen LogP contribution in [0.1, 0.15) is 42.6 Å². The minimum Gasteiger partial charge on any atom is -0.288 e. The molecule has 0 atom stereocenters. The molecule has 3 aromatic rings. The second-order valence-corrected chi connectivity index (χ2v) is 11.6. The van der Waals surface area contributed by atoms with E-state index in [9.17, 15) is 30.4 Å². The Morgan fingerprint density at radius 3 is 2.12 bits per heavy atom. The van der Waals surface area contributed by atoms with Gasteiger partial charge in [-0.05, 0) is 37.1 Å². The van der Waals surface area contributed by atoms with Crippen LogP contribution in [0.4, 0.5) is 18.9 Å². The lowest BCUT2D eigenvalue weighted by Gasteiger charge is -2.25. The second kappa shape index (κ2) is 9.71. The zero-order valence-corrected chi connectivity index (χ0v) is 19.9. The summed E-state index contributed by atoms with van der Waals surface area (Å²) in [6, 6.07) is 7.23. The van der Waals surface area contributed by atoms with Gasteiger partial charge in [0.15, 0.2) is 23.2 Å². The molecule has 0 aliphatic rings. The highest BCUT2D eigenvalue weighted by Crippen LogP contribution is 2.33. The molecule has 0 aliphatic carbocycles. The average molecular weight is 515 g/mol. The predicted octanol–water partition coefficient (Wildman–Crippen LogP) is 4.17. The Balaban J connectivity index is 2.27. The fraction of sp³-hybridized carbons (Fsp3) is 0.273. The third-order valence-electron chi connectivity index (χ3n) is 4.86. The number of ketones is 1. The summed E-state index contributed by atoms with van der Waals surface area (Å²) in [5.41, 5.74) is -2.41. The molecule has 0 radical (unpaired) electrons. The van der Waals surface area contributed by atoms with Gasteiger partial charge in [0, 0.05) is 23.2 Å². The van der Waals surface area contributed by atoms with E-state index in [0.717, 1.165) is 0 Å². The summed E-state index contributed by atoms with van der Waals surface area (Å²) >= 11 is 0. The lowest BCUT2D eigenvalue weighted by molar-refractivity contribution is 0.103. The summed E-state index contributed by atoms with van der Waals surface area (Å²) in [7, 11) is -9.39. The van der Waals surface area contributed by atoms with Crippen molar-refractivity contribution in [1.29, 1.82) is 0 Å². The van der Waals surface area contributed by atoms with Crippen molar-refractivity contribution in [2.45, 2.75) is 26.7 Å². The molecule has 34 heavy (non-hydrogen) atoms. The van der Waals surface area contributed by atoms with Gasteiger partial charge >= 0.3 is 0 Å². The molecule has 0 fully saturated rings. The highest BCUT2D eigenvalue weighted by Gasteiger charge is 2.38. The summed E-state index contributed by atoms with van der Waals surface area (Å²) in [5, 5.41) is 0.462. The zero-order chi connectivity index (χ0) is 25.3. The molecule has 2 aromatic carbocycles. The van der Waals surface area contributed by atoms with Crippen LogP contribution in [0.2, 0.25) is 0 Å². The van der Waals surface area contributed by atoms with E-state index >= 15 is 4.39 Å². The standard InChI is InChI=1S/C22H21F3N2O5S2/c1-3-10-33(29,30)27(34(31,32)11-4-2)18-13-16(23)20(24)19(21(18)25)22(28)15-7-8-17-14(12-15)6-5-9-26-17/h5-9,12-13H,3-4,10-11H2,1-2H3. The minimum absolute atomic E-state index is 0.0251. The smallest absolute Gasteiger partial charge is 0.248 e. The molecule has 3 rings (SSSR count). The number of nitrogens with zero attached hydrogens (tertiary/aromatic N) is 2. The Bertz CT molecular complexity index is 1440. The third-order valence-corrected chi connectivity index (χ3v) is 9.47. The van der Waals surface area contributed by atoms with Crippen molar-refractivity contribution >= 4 is 42.4 Å². The largest absolute Gasteiger partial charge is 0.288 e. The first-order chi connectivity index (χ1) is 15.9. The number of anilines is 1. The van der Waals surface area contributed by atoms with E-state index in [2.05, 4.69) is 4.98 Å². The molecule has 0 bridgehead atoms. The lowest BCUT2D eigenvalue weighted by Crippen LogP contribution is -2.40. The van der Waals surface area contributed by atoms with E-state index in [1.807, 2.05) is 0 Å². The van der Waals surface area contributed by atoms with Crippen LogP contribution in [0, 0.1) is 17.5 Å². The summed E-state index contributed by atoms with van der Waals surface area (Å²) in [6.45, 7) is 2.90. The fourth-order valence-electron chi connectivity index (χ4n) is 3.44. The van der Waals surface area contributed by atoms with Crippen molar-refractivity contribution in [3.8, 4) is 0 Å². The molecule has 1 aromatic heterocycles. The van der Waals surface area contributed by atoms with Gasteiger partial charge in [0.1, 0.15) is 5.69 Å². The van der Waals surface area contributed by atoms with Gasteiger partial charge in [-0.3, -0.25) is 9.78 Å². The van der Waals surface area contributed by atoms with Gasteiger partial charge in [-0.15, -0.1) is 0 Å². The molecule has 0 N–H and O–H groups in total. The van der Waals surface area contributed by atoms with Crippen LogP contribution >= 0.6 is 0 Å². The quantitative estimate of drug-likeness (QED) is 0.314. The Kier molecular flexibility index (Phi) is 7.32. The molecular formula is C22H21F3N2O5S2. The number of carbonyl (C=O) groups excluding carboxylic acids is 1. The van der Waals surface area contributed by atoms with Crippen LogP contribution in [0.5, 0.6) is 0 Å². The summed E-state index contributed by atoms with van der Waals surface area (Å²) in [5.74, 6) is -8.12. The molecule has 0 aliphatic heterocycles. The summed E-state index contributed by atoms with van der Waals surface area (Å²) in [4.78, 5) is 17.1. The van der Waals surface area contributed by atoms with E-state index in [4.69, 9.17) is 0 Å². The minimum atomic E-state index is -4.70. The van der Waals surface area contributed by atoms with E-state index in [1.54, 1.807) is 12.1 Å². The number of fused-ring (bicyclic) bond motifs is 1. The van der Waals surface area contributed by atoms with Gasteiger partial charge in [-0.1, -0.05) is 19.9 Å². The Morgan fingerprint density at radius 2 is 1.53 bits per heavy atom. The number of pyridine rings is 1. The maximum absolute atomic E-state index is 15.5. The van der Waals surface area contributed by atoms with Crippen molar-refractivity contribution in [3.05, 3.63) is 71.2 Å². The number of halogens is 3. The molecule has 12 heteroatoms. The maximum Gasteiger partial charge on any atom is 0.248 e. The van der Waals surface area contributed by atoms with Gasteiger partial charge in [-0.2, -0.15) is 3.71 Å². The van der Waals surface area contributed by atoms with Gasteiger partial charge < -0.3 is 0 Å². The number of rotatable bonds is 9. The number of hydrogen-bond acceptors (Lipinski definition) is 6. The van der Waals surface area contributed by atoms with Crippen molar-refractivity contribution < 1.29 is 34.8 Å². The van der Waals surface area contributed by atoms with Crippen LogP contribution in [0.3, 0.4) is 0 Å². The van der Waals surface area contributed by atoms with Crippen molar-refractivity contribution in [3.63, 3.8) is 0 Å². The van der Waals surface area contributed by atoms with Gasteiger partial charge in [0.05, 0.1) is 22.6 Å². The van der Waals surface area contributed by atoms with Crippen LogP contribution in [0.15, 0.2) is 42.6 Å². The first-order valence-corrected chi connectivity index (χ1v) is 13.5. The first kappa shape index (κ1) is 25.6. The van der Waals surface area contributed by atoms with E-state index in [1.165, 1.54) is 38.2 Å². The lowest BCUT2D eigenvalue weighted by atomic mass is 9.99. The SMILES string of the molecule is CCCS(=O)(=O)N(c1cc(F)c(F)c(C(=O)c2ccc3ncccc3c2)c1F)S(=O)(=O)CCC. The molecule has 0 spiro atoms. The summed E-state index contributed by atoms with van der Waals surface area (Å²) in [6.07, 6.45) is 1.45. The maximum atomic E-state index is 15.5. The molecule has 0 saturated heterocycles. The Hall–Kier alpha value is -2.99. The highest BCUT2D eigenvalue weighted by atomic mass is 32.3.